The molecule has 148 valence electrons. The minimum Gasteiger partial charge on any atom is -0.451 e. The first kappa shape index (κ1) is 19.8. The van der Waals surface area contributed by atoms with Crippen molar-refractivity contribution in [3.05, 3.63) is 30.0 Å². The molecule has 1 saturated heterocycles. The summed E-state index contributed by atoms with van der Waals surface area (Å²) in [5.41, 5.74) is 0.403. The molecule has 27 heavy (non-hydrogen) atoms. The van der Waals surface area contributed by atoms with Crippen LogP contribution in [0.4, 0.5) is 0 Å². The number of rotatable bonds is 5. The van der Waals surface area contributed by atoms with Gasteiger partial charge in [-0.05, 0) is 38.2 Å². The van der Waals surface area contributed by atoms with Gasteiger partial charge in [0.1, 0.15) is 5.58 Å². The third kappa shape index (κ3) is 3.86. The Morgan fingerprint density at radius 1 is 1.11 bits per heavy atom. The van der Waals surface area contributed by atoms with Crippen molar-refractivity contribution in [2.24, 2.45) is 0 Å². The van der Waals surface area contributed by atoms with Crippen LogP contribution in [0.5, 0.6) is 0 Å². The Labute approximate surface area is 158 Å². The van der Waals surface area contributed by atoms with Gasteiger partial charge in [-0.2, -0.15) is 4.31 Å². The zero-order valence-electron chi connectivity index (χ0n) is 15.0. The second kappa shape index (κ2) is 7.23. The van der Waals surface area contributed by atoms with Crippen LogP contribution < -0.4 is 4.72 Å². The van der Waals surface area contributed by atoms with Crippen LogP contribution in [-0.2, 0) is 20.0 Å². The third-order valence-corrected chi connectivity index (χ3v) is 7.86. The van der Waals surface area contributed by atoms with Gasteiger partial charge in [0.15, 0.2) is 5.76 Å². The number of sulfonamides is 2. The molecule has 1 amide bonds. The van der Waals surface area contributed by atoms with Crippen molar-refractivity contribution in [3.8, 4) is 0 Å². The molecule has 2 heterocycles. The number of fused-ring (bicyclic) bond motifs is 1. The van der Waals surface area contributed by atoms with Crippen LogP contribution in [0.1, 0.15) is 17.5 Å². The summed E-state index contributed by atoms with van der Waals surface area (Å²) in [4.78, 5) is 14.3. The molecule has 1 aromatic heterocycles. The summed E-state index contributed by atoms with van der Waals surface area (Å²) < 4.78 is 56.8. The van der Waals surface area contributed by atoms with Crippen LogP contribution in [-0.4, -0.2) is 70.9 Å². The number of nitrogens with one attached hydrogen (secondary N) is 1. The lowest BCUT2D eigenvalue weighted by Crippen LogP contribution is -2.50. The van der Waals surface area contributed by atoms with Crippen molar-refractivity contribution < 1.29 is 26.0 Å². The van der Waals surface area contributed by atoms with E-state index < -0.39 is 20.0 Å². The Balaban J connectivity index is 1.79. The average molecular weight is 415 g/mol. The van der Waals surface area contributed by atoms with Gasteiger partial charge >= 0.3 is 0 Å². The van der Waals surface area contributed by atoms with Gasteiger partial charge in [-0.3, -0.25) is 4.79 Å². The minimum atomic E-state index is -3.59. The molecule has 0 radical (unpaired) electrons. The smallest absolute Gasteiger partial charge is 0.289 e. The second-order valence-electron chi connectivity index (χ2n) is 6.11. The number of amides is 1. The van der Waals surface area contributed by atoms with Gasteiger partial charge < -0.3 is 9.32 Å². The van der Waals surface area contributed by atoms with Crippen molar-refractivity contribution in [1.82, 2.24) is 13.9 Å². The topological polar surface area (TPSA) is 117 Å². The summed E-state index contributed by atoms with van der Waals surface area (Å²) in [7, 11) is -5.54. The van der Waals surface area contributed by atoms with Gasteiger partial charge in [-0.15, -0.1) is 0 Å². The molecular formula is C16H21N3O6S2. The van der Waals surface area contributed by atoms with Crippen LogP contribution in [0.25, 0.3) is 11.0 Å². The normalized spacial score (nSPS) is 16.7. The standard InChI is InChI=1S/C16H21N3O6S2/c1-3-26(21,22)19-8-6-18(7-9-19)16(20)15-11-12-10-13(27(23,24)17-2)4-5-14(12)25-15/h4-5,10-11,17H,3,6-9H2,1-2H3. The highest BCUT2D eigenvalue weighted by atomic mass is 32.2. The van der Waals surface area contributed by atoms with Gasteiger partial charge in [-0.1, -0.05) is 0 Å². The molecule has 1 N–H and O–H groups in total. The van der Waals surface area contributed by atoms with Crippen LogP contribution in [0.3, 0.4) is 0 Å². The largest absolute Gasteiger partial charge is 0.451 e. The fourth-order valence-electron chi connectivity index (χ4n) is 2.92. The molecule has 0 bridgehead atoms. The SMILES string of the molecule is CCS(=O)(=O)N1CCN(C(=O)c2cc3cc(S(=O)(=O)NC)ccc3o2)CC1. The molecule has 0 atom stereocenters. The van der Waals surface area contributed by atoms with E-state index in [0.717, 1.165) is 0 Å². The second-order valence-corrected chi connectivity index (χ2v) is 10.3. The maximum absolute atomic E-state index is 12.7. The summed E-state index contributed by atoms with van der Waals surface area (Å²) in [5, 5.41) is 0.502. The zero-order chi connectivity index (χ0) is 19.8. The van der Waals surface area contributed by atoms with E-state index in [1.165, 1.54) is 40.5 Å². The lowest BCUT2D eigenvalue weighted by atomic mass is 10.2. The summed E-state index contributed by atoms with van der Waals surface area (Å²) in [6, 6.07) is 5.84. The molecule has 11 heteroatoms. The van der Waals surface area contributed by atoms with Crippen LogP contribution in [0, 0.1) is 0 Å². The molecule has 1 aliphatic rings. The number of benzene rings is 1. The maximum atomic E-state index is 12.7. The monoisotopic (exact) mass is 415 g/mol. The Kier molecular flexibility index (Phi) is 5.30. The van der Waals surface area contributed by atoms with Crippen molar-refractivity contribution in [1.29, 1.82) is 0 Å². The molecule has 1 aromatic carbocycles. The van der Waals surface area contributed by atoms with E-state index in [9.17, 15) is 21.6 Å². The molecule has 0 spiro atoms. The fraction of sp³-hybridized carbons (Fsp3) is 0.438. The number of carbonyl (C=O) groups is 1. The molecule has 0 aliphatic carbocycles. The number of piperazine rings is 1. The molecule has 3 rings (SSSR count). The van der Waals surface area contributed by atoms with Gasteiger partial charge in [-0.25, -0.2) is 21.6 Å². The van der Waals surface area contributed by atoms with E-state index in [1.807, 2.05) is 0 Å². The Hall–Kier alpha value is -1.95. The fourth-order valence-corrected chi connectivity index (χ4v) is 4.77. The molecule has 1 aliphatic heterocycles. The Morgan fingerprint density at radius 2 is 1.78 bits per heavy atom. The predicted molar refractivity (Wildman–Crippen MR) is 99.4 cm³/mol. The van der Waals surface area contributed by atoms with Crippen molar-refractivity contribution in [2.45, 2.75) is 11.8 Å². The van der Waals surface area contributed by atoms with E-state index >= 15 is 0 Å². The molecular weight excluding hydrogens is 394 g/mol. The molecule has 0 unspecified atom stereocenters. The van der Waals surface area contributed by atoms with E-state index in [-0.39, 0.29) is 48.5 Å². The predicted octanol–water partition coefficient (Wildman–Crippen LogP) is 0.448. The molecule has 2 aromatic rings. The summed E-state index contributed by atoms with van der Waals surface area (Å²) in [5.74, 6) is -0.226. The van der Waals surface area contributed by atoms with Crippen LogP contribution >= 0.6 is 0 Å². The first-order chi connectivity index (χ1) is 12.7. The maximum Gasteiger partial charge on any atom is 0.289 e. The number of hydrogen-bond donors (Lipinski definition) is 1. The van der Waals surface area contributed by atoms with Gasteiger partial charge in [0.2, 0.25) is 20.0 Å². The highest BCUT2D eigenvalue weighted by Crippen LogP contribution is 2.24. The van der Waals surface area contributed by atoms with Gasteiger partial charge in [0, 0.05) is 31.6 Å². The molecule has 1 fully saturated rings. The number of nitrogens with zero attached hydrogens (tertiary/aromatic N) is 2. The Morgan fingerprint density at radius 3 is 2.37 bits per heavy atom. The number of carbonyl (C=O) groups excluding carboxylic acids is 1. The van der Waals surface area contributed by atoms with Crippen molar-refractivity contribution >= 4 is 36.9 Å². The lowest BCUT2D eigenvalue weighted by Gasteiger charge is -2.33. The highest BCUT2D eigenvalue weighted by Gasteiger charge is 2.29. The third-order valence-electron chi connectivity index (χ3n) is 4.56. The first-order valence-corrected chi connectivity index (χ1v) is 11.5. The average Bonchev–Trinajstić information content (AvgIpc) is 3.10. The quantitative estimate of drug-likeness (QED) is 0.758. The highest BCUT2D eigenvalue weighted by molar-refractivity contribution is 7.89. The molecule has 9 nitrogen and oxygen atoms in total. The summed E-state index contributed by atoms with van der Waals surface area (Å²) >= 11 is 0. The van der Waals surface area contributed by atoms with Crippen LogP contribution in [0.15, 0.2) is 33.6 Å². The van der Waals surface area contributed by atoms with E-state index in [4.69, 9.17) is 4.42 Å². The zero-order valence-corrected chi connectivity index (χ0v) is 16.6. The van der Waals surface area contributed by atoms with Gasteiger partial charge in [0.05, 0.1) is 10.6 Å². The summed E-state index contributed by atoms with van der Waals surface area (Å²) in [6.07, 6.45) is 0. The number of furan rings is 1. The van der Waals surface area contributed by atoms with E-state index in [0.29, 0.717) is 11.0 Å². The van der Waals surface area contributed by atoms with Crippen molar-refractivity contribution in [2.75, 3.05) is 39.0 Å². The number of hydrogen-bond acceptors (Lipinski definition) is 6. The first-order valence-electron chi connectivity index (χ1n) is 8.42. The minimum absolute atomic E-state index is 0.0301. The lowest BCUT2D eigenvalue weighted by molar-refractivity contribution is 0.0668. The van der Waals surface area contributed by atoms with Gasteiger partial charge in [0.25, 0.3) is 5.91 Å². The van der Waals surface area contributed by atoms with E-state index in [1.54, 1.807) is 6.92 Å². The summed E-state index contributed by atoms with van der Waals surface area (Å²) in [6.45, 7) is 2.62. The molecule has 0 saturated carbocycles. The van der Waals surface area contributed by atoms with E-state index in [2.05, 4.69) is 4.72 Å². The van der Waals surface area contributed by atoms with Crippen LogP contribution in [0.2, 0.25) is 0 Å². The van der Waals surface area contributed by atoms with Crippen molar-refractivity contribution in [3.63, 3.8) is 0 Å². The Bertz CT molecular complexity index is 1070.